The van der Waals surface area contributed by atoms with E-state index in [4.69, 9.17) is 4.74 Å². The number of hydrogen-bond acceptors (Lipinski definition) is 4. The fourth-order valence-electron chi connectivity index (χ4n) is 3.24. The summed E-state index contributed by atoms with van der Waals surface area (Å²) in [4.78, 5) is 14.2. The normalized spacial score (nSPS) is 24.0. The van der Waals surface area contributed by atoms with E-state index in [1.54, 1.807) is 0 Å². The monoisotopic (exact) mass is 328 g/mol. The third kappa shape index (κ3) is 3.80. The maximum atomic E-state index is 12.3. The number of nitrogens with one attached hydrogen (secondary N) is 1. The minimum absolute atomic E-state index is 0. The predicted octanol–water partition coefficient (Wildman–Crippen LogP) is 0.901. The second kappa shape index (κ2) is 7.44. The second-order valence-electron chi connectivity index (χ2n) is 6.02. The molecular weight excluding hydrogens is 304 g/mol. The second-order valence-corrected chi connectivity index (χ2v) is 6.02. The lowest BCUT2D eigenvalue weighted by Gasteiger charge is -2.25. The topological polar surface area (TPSA) is 59.4 Å². The number of morpholine rings is 1. The van der Waals surface area contributed by atoms with Gasteiger partial charge >= 0.3 is 0 Å². The Kier molecular flexibility index (Phi) is 5.83. The highest BCUT2D eigenvalue weighted by Gasteiger charge is 2.37. The average Bonchev–Trinajstić information content (AvgIpc) is 3.02. The molecule has 124 valence electrons. The summed E-state index contributed by atoms with van der Waals surface area (Å²) in [6, 6.07) is 2.38. The molecule has 2 fully saturated rings. The maximum absolute atomic E-state index is 12.3. The van der Waals surface area contributed by atoms with Crippen LogP contribution in [0.1, 0.15) is 24.2 Å². The molecule has 3 heterocycles. The van der Waals surface area contributed by atoms with Crippen molar-refractivity contribution in [1.29, 1.82) is 0 Å². The Balaban J connectivity index is 0.00000176. The van der Waals surface area contributed by atoms with Crippen LogP contribution in [0.15, 0.2) is 6.07 Å². The summed E-state index contributed by atoms with van der Waals surface area (Å²) in [5, 5.41) is 7.85. The number of hydrogen-bond donors (Lipinski definition) is 1. The lowest BCUT2D eigenvalue weighted by molar-refractivity contribution is -0.130. The fraction of sp³-hybridized carbons (Fsp3) is 0.733. The first-order valence-corrected chi connectivity index (χ1v) is 7.77. The maximum Gasteiger partial charge on any atom is 0.222 e. The zero-order valence-corrected chi connectivity index (χ0v) is 14.1. The van der Waals surface area contributed by atoms with Crippen molar-refractivity contribution < 1.29 is 9.53 Å². The molecule has 0 radical (unpaired) electrons. The molecule has 2 aliphatic heterocycles. The SMILES string of the molecule is Cc1cc(C)n(CCCC(=O)N2C[C@@H]3NCCO[C@H]3C2)n1.Cl. The summed E-state index contributed by atoms with van der Waals surface area (Å²) >= 11 is 0. The van der Waals surface area contributed by atoms with Gasteiger partial charge in [0.05, 0.1) is 24.4 Å². The molecule has 1 N–H and O–H groups in total. The zero-order chi connectivity index (χ0) is 14.8. The van der Waals surface area contributed by atoms with Crippen LogP contribution in [-0.2, 0) is 16.1 Å². The third-order valence-corrected chi connectivity index (χ3v) is 4.32. The molecule has 1 aromatic rings. The molecule has 0 spiro atoms. The Hall–Kier alpha value is -1.11. The number of aryl methyl sites for hydroxylation is 3. The van der Waals surface area contributed by atoms with Crippen LogP contribution < -0.4 is 5.32 Å². The Bertz CT molecular complexity index is 506. The summed E-state index contributed by atoms with van der Waals surface area (Å²) in [6.07, 6.45) is 1.59. The molecule has 1 amide bonds. The van der Waals surface area contributed by atoms with Gasteiger partial charge in [0.1, 0.15) is 0 Å². The van der Waals surface area contributed by atoms with Gasteiger partial charge in [-0.25, -0.2) is 0 Å². The molecule has 0 aromatic carbocycles. The third-order valence-electron chi connectivity index (χ3n) is 4.32. The van der Waals surface area contributed by atoms with E-state index >= 15 is 0 Å². The van der Waals surface area contributed by atoms with Crippen LogP contribution in [0, 0.1) is 13.8 Å². The molecule has 6 nitrogen and oxygen atoms in total. The number of amides is 1. The average molecular weight is 329 g/mol. The van der Waals surface area contributed by atoms with Gasteiger partial charge in [0.25, 0.3) is 0 Å². The number of carbonyl (C=O) groups is 1. The molecule has 2 atom stereocenters. The Labute approximate surface area is 137 Å². The first-order chi connectivity index (χ1) is 10.1. The smallest absolute Gasteiger partial charge is 0.222 e. The fourth-order valence-corrected chi connectivity index (χ4v) is 3.24. The van der Waals surface area contributed by atoms with Crippen LogP contribution in [0.2, 0.25) is 0 Å². The van der Waals surface area contributed by atoms with E-state index in [9.17, 15) is 4.79 Å². The molecule has 22 heavy (non-hydrogen) atoms. The van der Waals surface area contributed by atoms with Crippen molar-refractivity contribution in [3.63, 3.8) is 0 Å². The molecule has 0 unspecified atom stereocenters. The van der Waals surface area contributed by atoms with Crippen molar-refractivity contribution in [3.8, 4) is 0 Å². The largest absolute Gasteiger partial charge is 0.373 e. The molecule has 0 bridgehead atoms. The van der Waals surface area contributed by atoms with Crippen molar-refractivity contribution in [1.82, 2.24) is 20.0 Å². The van der Waals surface area contributed by atoms with Gasteiger partial charge in [-0.15, -0.1) is 12.4 Å². The van der Waals surface area contributed by atoms with Crippen molar-refractivity contribution in [2.45, 2.75) is 45.4 Å². The number of nitrogens with zero attached hydrogens (tertiary/aromatic N) is 3. The van der Waals surface area contributed by atoms with Crippen LogP contribution in [0.25, 0.3) is 0 Å². The van der Waals surface area contributed by atoms with Crippen LogP contribution in [0.4, 0.5) is 0 Å². The first kappa shape index (κ1) is 17.2. The van der Waals surface area contributed by atoms with Crippen molar-refractivity contribution in [2.75, 3.05) is 26.2 Å². The number of rotatable bonds is 4. The molecule has 2 saturated heterocycles. The van der Waals surface area contributed by atoms with Gasteiger partial charge in [0.2, 0.25) is 5.91 Å². The van der Waals surface area contributed by atoms with E-state index in [0.717, 1.165) is 50.6 Å². The van der Waals surface area contributed by atoms with Crippen molar-refractivity contribution in [2.24, 2.45) is 0 Å². The Morgan fingerprint density at radius 3 is 2.95 bits per heavy atom. The number of halogens is 1. The van der Waals surface area contributed by atoms with E-state index in [1.807, 2.05) is 16.5 Å². The van der Waals surface area contributed by atoms with Gasteiger partial charge in [-0.1, -0.05) is 0 Å². The summed E-state index contributed by atoms with van der Waals surface area (Å²) < 4.78 is 7.69. The van der Waals surface area contributed by atoms with Crippen LogP contribution in [-0.4, -0.2) is 59.0 Å². The zero-order valence-electron chi connectivity index (χ0n) is 13.2. The molecule has 0 saturated carbocycles. The van der Waals surface area contributed by atoms with Gasteiger partial charge in [0.15, 0.2) is 0 Å². The van der Waals surface area contributed by atoms with E-state index in [2.05, 4.69) is 23.4 Å². The summed E-state index contributed by atoms with van der Waals surface area (Å²) in [5.74, 6) is 0.233. The Morgan fingerprint density at radius 2 is 2.27 bits per heavy atom. The van der Waals surface area contributed by atoms with Gasteiger partial charge in [0, 0.05) is 38.3 Å². The Morgan fingerprint density at radius 1 is 1.45 bits per heavy atom. The van der Waals surface area contributed by atoms with Crippen LogP contribution in [0.5, 0.6) is 0 Å². The van der Waals surface area contributed by atoms with E-state index < -0.39 is 0 Å². The van der Waals surface area contributed by atoms with Gasteiger partial charge in [-0.05, 0) is 26.3 Å². The highest BCUT2D eigenvalue weighted by Crippen LogP contribution is 2.17. The highest BCUT2D eigenvalue weighted by atomic mass is 35.5. The molecule has 7 heteroatoms. The number of aromatic nitrogens is 2. The van der Waals surface area contributed by atoms with Gasteiger partial charge in [-0.3, -0.25) is 9.48 Å². The van der Waals surface area contributed by atoms with Crippen LogP contribution >= 0.6 is 12.4 Å². The molecule has 1 aromatic heterocycles. The standard InChI is InChI=1S/C15H24N4O2.ClH/c1-11-8-12(2)19(17-11)6-3-4-15(20)18-9-13-14(10-18)21-7-5-16-13;/h8,13-14,16H,3-7,9-10H2,1-2H3;1H/t13-,14-;/m0./s1. The summed E-state index contributed by atoms with van der Waals surface area (Å²) in [6.45, 7) is 8.01. The van der Waals surface area contributed by atoms with Crippen molar-refractivity contribution in [3.05, 3.63) is 17.5 Å². The number of ether oxygens (including phenoxy) is 1. The van der Waals surface area contributed by atoms with Crippen molar-refractivity contribution >= 4 is 18.3 Å². The molecule has 0 aliphatic carbocycles. The number of carbonyl (C=O) groups excluding carboxylic acids is 1. The highest BCUT2D eigenvalue weighted by molar-refractivity contribution is 5.85. The van der Waals surface area contributed by atoms with E-state index in [-0.39, 0.29) is 24.4 Å². The van der Waals surface area contributed by atoms with Crippen LogP contribution in [0.3, 0.4) is 0 Å². The van der Waals surface area contributed by atoms with Gasteiger partial charge < -0.3 is 15.0 Å². The number of likely N-dealkylation sites (tertiary alicyclic amines) is 1. The molecular formula is C15H25ClN4O2. The predicted molar refractivity (Wildman–Crippen MR) is 86.3 cm³/mol. The quantitative estimate of drug-likeness (QED) is 0.892. The van der Waals surface area contributed by atoms with E-state index in [1.165, 1.54) is 0 Å². The van der Waals surface area contributed by atoms with E-state index in [0.29, 0.717) is 12.5 Å². The van der Waals surface area contributed by atoms with Gasteiger partial charge in [-0.2, -0.15) is 5.10 Å². The first-order valence-electron chi connectivity index (χ1n) is 7.77. The summed E-state index contributed by atoms with van der Waals surface area (Å²) in [7, 11) is 0. The minimum Gasteiger partial charge on any atom is -0.373 e. The lowest BCUT2D eigenvalue weighted by atomic mass is 10.2. The molecule has 2 aliphatic rings. The lowest BCUT2D eigenvalue weighted by Crippen LogP contribution is -2.47. The molecule has 3 rings (SSSR count). The summed E-state index contributed by atoms with van der Waals surface area (Å²) in [5.41, 5.74) is 2.19. The number of fused-ring (bicyclic) bond motifs is 1. The minimum atomic E-state index is 0.